The Kier molecular flexibility index (Phi) is 11.4. The molecule has 2 rings (SSSR count). The maximum atomic E-state index is 3.49. The Morgan fingerprint density at radius 3 is 1.23 bits per heavy atom. The average Bonchev–Trinajstić information content (AvgIpc) is 2.70. The zero-order valence-corrected chi connectivity index (χ0v) is 15.8. The highest BCUT2D eigenvalue weighted by atomic mass is 14.9. The van der Waals surface area contributed by atoms with Crippen molar-refractivity contribution in [1.82, 2.24) is 21.3 Å². The number of nitrogens with one attached hydrogen (secondary N) is 4. The van der Waals surface area contributed by atoms with E-state index in [1.807, 2.05) is 0 Å². The lowest BCUT2D eigenvalue weighted by atomic mass is 10.2. The van der Waals surface area contributed by atoms with Crippen molar-refractivity contribution in [2.75, 3.05) is 39.3 Å². The minimum Gasteiger partial charge on any atom is -0.315 e. The molecule has 0 fully saturated rings. The second-order valence-corrected chi connectivity index (χ2v) is 6.53. The topological polar surface area (TPSA) is 48.1 Å². The minimum absolute atomic E-state index is 0.959. The second kappa shape index (κ2) is 14.4. The SMILES string of the molecule is c1ccc(CNCCCNCCNCCCNCc2ccccc2)cc1. The van der Waals surface area contributed by atoms with Gasteiger partial charge in [0.2, 0.25) is 0 Å². The third-order valence-corrected chi connectivity index (χ3v) is 4.24. The molecule has 0 atom stereocenters. The summed E-state index contributed by atoms with van der Waals surface area (Å²) in [6, 6.07) is 21.1. The lowest BCUT2D eigenvalue weighted by molar-refractivity contribution is 0.556. The summed E-state index contributed by atoms with van der Waals surface area (Å²) in [5, 5.41) is 13.9. The molecule has 0 aromatic heterocycles. The summed E-state index contributed by atoms with van der Waals surface area (Å²) in [6.07, 6.45) is 2.33. The van der Waals surface area contributed by atoms with Crippen LogP contribution in [0.3, 0.4) is 0 Å². The van der Waals surface area contributed by atoms with Gasteiger partial charge in [-0.25, -0.2) is 0 Å². The van der Waals surface area contributed by atoms with Crippen molar-refractivity contribution in [2.24, 2.45) is 0 Å². The highest BCUT2D eigenvalue weighted by molar-refractivity contribution is 5.14. The highest BCUT2D eigenvalue weighted by Gasteiger charge is 1.93. The molecule has 2 aromatic rings. The zero-order valence-electron chi connectivity index (χ0n) is 15.8. The molecule has 0 heterocycles. The van der Waals surface area contributed by atoms with Crippen LogP contribution < -0.4 is 21.3 Å². The van der Waals surface area contributed by atoms with E-state index in [-0.39, 0.29) is 0 Å². The van der Waals surface area contributed by atoms with E-state index in [0.29, 0.717) is 0 Å². The van der Waals surface area contributed by atoms with Crippen molar-refractivity contribution >= 4 is 0 Å². The fourth-order valence-corrected chi connectivity index (χ4v) is 2.76. The Morgan fingerprint density at radius 2 is 0.808 bits per heavy atom. The van der Waals surface area contributed by atoms with E-state index < -0.39 is 0 Å². The molecular weight excluding hydrogens is 320 g/mol. The van der Waals surface area contributed by atoms with E-state index in [1.165, 1.54) is 11.1 Å². The molecule has 0 bridgehead atoms. The third kappa shape index (κ3) is 10.3. The summed E-state index contributed by atoms with van der Waals surface area (Å²) >= 11 is 0. The van der Waals surface area contributed by atoms with E-state index in [2.05, 4.69) is 81.9 Å². The van der Waals surface area contributed by atoms with Crippen LogP contribution in [-0.4, -0.2) is 39.3 Å². The molecule has 0 spiro atoms. The molecule has 0 radical (unpaired) electrons. The fourth-order valence-electron chi connectivity index (χ4n) is 2.76. The lowest BCUT2D eigenvalue weighted by Gasteiger charge is -2.08. The molecule has 4 heteroatoms. The summed E-state index contributed by atoms with van der Waals surface area (Å²) in [7, 11) is 0. The molecule has 0 saturated carbocycles. The predicted molar refractivity (Wildman–Crippen MR) is 111 cm³/mol. The van der Waals surface area contributed by atoms with Gasteiger partial charge in [-0.05, 0) is 50.1 Å². The van der Waals surface area contributed by atoms with Crippen LogP contribution in [0.2, 0.25) is 0 Å². The molecule has 142 valence electrons. The quantitative estimate of drug-likeness (QED) is 0.371. The molecule has 0 unspecified atom stereocenters. The van der Waals surface area contributed by atoms with Gasteiger partial charge in [0.15, 0.2) is 0 Å². The Hall–Kier alpha value is -1.72. The number of hydrogen-bond donors (Lipinski definition) is 4. The molecule has 0 amide bonds. The van der Waals surface area contributed by atoms with Crippen LogP contribution in [0.25, 0.3) is 0 Å². The first-order chi connectivity index (χ1) is 12.9. The summed E-state index contributed by atoms with van der Waals surface area (Å²) in [6.45, 7) is 8.25. The van der Waals surface area contributed by atoms with Gasteiger partial charge in [-0.15, -0.1) is 0 Å². The van der Waals surface area contributed by atoms with Crippen LogP contribution in [0.15, 0.2) is 60.7 Å². The third-order valence-electron chi connectivity index (χ3n) is 4.24. The number of rotatable bonds is 15. The molecule has 0 aliphatic rings. The van der Waals surface area contributed by atoms with Crippen LogP contribution in [0, 0.1) is 0 Å². The van der Waals surface area contributed by atoms with Gasteiger partial charge in [0.1, 0.15) is 0 Å². The van der Waals surface area contributed by atoms with Crippen molar-refractivity contribution in [1.29, 1.82) is 0 Å². The van der Waals surface area contributed by atoms with Gasteiger partial charge < -0.3 is 21.3 Å². The van der Waals surface area contributed by atoms with Gasteiger partial charge in [-0.2, -0.15) is 0 Å². The van der Waals surface area contributed by atoms with Crippen LogP contribution in [-0.2, 0) is 13.1 Å². The van der Waals surface area contributed by atoms with Gasteiger partial charge in [0.05, 0.1) is 0 Å². The summed E-state index contributed by atoms with van der Waals surface area (Å²) in [5.74, 6) is 0. The second-order valence-electron chi connectivity index (χ2n) is 6.53. The predicted octanol–water partition coefficient (Wildman–Crippen LogP) is 2.53. The normalized spacial score (nSPS) is 10.9. The van der Waals surface area contributed by atoms with Crippen LogP contribution in [0.4, 0.5) is 0 Å². The van der Waals surface area contributed by atoms with Crippen molar-refractivity contribution in [2.45, 2.75) is 25.9 Å². The van der Waals surface area contributed by atoms with Crippen molar-refractivity contribution in [3.05, 3.63) is 71.8 Å². The molecular formula is C22H34N4. The minimum atomic E-state index is 0.959. The van der Waals surface area contributed by atoms with Gasteiger partial charge in [0, 0.05) is 26.2 Å². The molecule has 0 saturated heterocycles. The molecule has 0 aliphatic heterocycles. The van der Waals surface area contributed by atoms with Crippen molar-refractivity contribution in [3.8, 4) is 0 Å². The van der Waals surface area contributed by atoms with E-state index in [9.17, 15) is 0 Å². The first-order valence-corrected chi connectivity index (χ1v) is 9.86. The Labute approximate surface area is 158 Å². The molecule has 4 nitrogen and oxygen atoms in total. The number of hydrogen-bond acceptors (Lipinski definition) is 4. The first kappa shape index (κ1) is 20.6. The molecule has 4 N–H and O–H groups in total. The Bertz CT molecular complexity index is 493. The standard InChI is InChI=1S/C22H34N4/c1-3-9-21(10-4-1)19-25-15-7-13-23-17-18-24-14-8-16-26-20-22-11-5-2-6-12-22/h1-6,9-12,23-26H,7-8,13-20H2. The smallest absolute Gasteiger partial charge is 0.0205 e. The lowest BCUT2D eigenvalue weighted by Crippen LogP contribution is -2.30. The summed E-state index contributed by atoms with van der Waals surface area (Å²) in [5.41, 5.74) is 2.70. The van der Waals surface area contributed by atoms with Gasteiger partial charge in [-0.1, -0.05) is 60.7 Å². The molecule has 2 aromatic carbocycles. The summed E-state index contributed by atoms with van der Waals surface area (Å²) < 4.78 is 0. The number of benzene rings is 2. The monoisotopic (exact) mass is 354 g/mol. The highest BCUT2D eigenvalue weighted by Crippen LogP contribution is 1.97. The fraction of sp³-hybridized carbons (Fsp3) is 0.455. The van der Waals surface area contributed by atoms with Crippen LogP contribution in [0.5, 0.6) is 0 Å². The van der Waals surface area contributed by atoms with Gasteiger partial charge >= 0.3 is 0 Å². The maximum absolute atomic E-state index is 3.49. The Balaban J connectivity index is 1.28. The summed E-state index contributed by atoms with van der Waals surface area (Å²) in [4.78, 5) is 0. The van der Waals surface area contributed by atoms with Crippen molar-refractivity contribution in [3.63, 3.8) is 0 Å². The average molecular weight is 355 g/mol. The van der Waals surface area contributed by atoms with Crippen molar-refractivity contribution < 1.29 is 0 Å². The van der Waals surface area contributed by atoms with E-state index in [1.54, 1.807) is 0 Å². The Morgan fingerprint density at radius 1 is 0.423 bits per heavy atom. The van der Waals surface area contributed by atoms with E-state index in [4.69, 9.17) is 0 Å². The van der Waals surface area contributed by atoms with E-state index >= 15 is 0 Å². The van der Waals surface area contributed by atoms with Crippen LogP contribution in [0.1, 0.15) is 24.0 Å². The zero-order chi connectivity index (χ0) is 18.1. The van der Waals surface area contributed by atoms with E-state index in [0.717, 1.165) is 65.2 Å². The molecule has 0 aliphatic carbocycles. The largest absolute Gasteiger partial charge is 0.315 e. The van der Waals surface area contributed by atoms with Crippen LogP contribution >= 0.6 is 0 Å². The first-order valence-electron chi connectivity index (χ1n) is 9.86. The maximum Gasteiger partial charge on any atom is 0.0205 e. The van der Waals surface area contributed by atoms with Gasteiger partial charge in [0.25, 0.3) is 0 Å². The molecule has 26 heavy (non-hydrogen) atoms. The van der Waals surface area contributed by atoms with Gasteiger partial charge in [-0.3, -0.25) is 0 Å².